The normalized spacial score (nSPS) is 9.80. The average Bonchev–Trinajstić information content (AvgIpc) is 1.88. The second-order valence-electron chi connectivity index (χ2n) is 2.29. The molecule has 0 saturated heterocycles. The Bertz CT molecular complexity index is 212. The van der Waals surface area contributed by atoms with Gasteiger partial charge in [-0.2, -0.15) is 0 Å². The maximum Gasteiger partial charge on any atom is 0.110 e. The third-order valence-corrected chi connectivity index (χ3v) is 1.59. The fourth-order valence-electron chi connectivity index (χ4n) is 0.922. The number of anilines is 1. The van der Waals surface area contributed by atoms with E-state index >= 15 is 0 Å². The van der Waals surface area contributed by atoms with Crippen LogP contribution in [0.5, 0.6) is 0 Å². The Kier molecular flexibility index (Phi) is 1.92. The molecular weight excluding hydrogens is 126 g/mol. The largest absolute Gasteiger partial charge is 0.398 e. The van der Waals surface area contributed by atoms with Crippen LogP contribution in [0.15, 0.2) is 18.2 Å². The van der Waals surface area contributed by atoms with Crippen molar-refractivity contribution in [2.75, 3.05) is 5.73 Å². The highest BCUT2D eigenvalue weighted by Gasteiger charge is 1.99. The van der Waals surface area contributed by atoms with E-state index in [4.69, 9.17) is 5.73 Å². The minimum absolute atomic E-state index is 0.224. The molecular formula is C8H10NO. The van der Waals surface area contributed by atoms with Crippen LogP contribution < -0.4 is 5.73 Å². The van der Waals surface area contributed by atoms with Gasteiger partial charge < -0.3 is 5.73 Å². The monoisotopic (exact) mass is 136 g/mol. The van der Waals surface area contributed by atoms with Crippen molar-refractivity contribution in [1.29, 1.82) is 0 Å². The van der Waals surface area contributed by atoms with Gasteiger partial charge in [0.1, 0.15) is 6.61 Å². The molecule has 53 valence electrons. The summed E-state index contributed by atoms with van der Waals surface area (Å²) in [5.74, 6) is 0. The quantitative estimate of drug-likeness (QED) is 0.584. The van der Waals surface area contributed by atoms with Crippen molar-refractivity contribution in [3.8, 4) is 0 Å². The van der Waals surface area contributed by atoms with Crippen molar-refractivity contribution in [1.82, 2.24) is 0 Å². The van der Waals surface area contributed by atoms with Crippen LogP contribution in [-0.4, -0.2) is 0 Å². The van der Waals surface area contributed by atoms with E-state index in [0.717, 1.165) is 11.1 Å². The van der Waals surface area contributed by atoms with Gasteiger partial charge in [0.15, 0.2) is 0 Å². The molecule has 0 spiro atoms. The summed E-state index contributed by atoms with van der Waals surface area (Å²) in [5.41, 5.74) is 7.84. The zero-order chi connectivity index (χ0) is 7.56. The summed E-state index contributed by atoms with van der Waals surface area (Å²) >= 11 is 0. The van der Waals surface area contributed by atoms with Crippen LogP contribution in [0.3, 0.4) is 0 Å². The van der Waals surface area contributed by atoms with Crippen molar-refractivity contribution in [2.45, 2.75) is 13.5 Å². The van der Waals surface area contributed by atoms with Gasteiger partial charge in [-0.3, -0.25) is 0 Å². The van der Waals surface area contributed by atoms with Crippen LogP contribution in [0.25, 0.3) is 0 Å². The third kappa shape index (κ3) is 1.11. The van der Waals surface area contributed by atoms with Crippen LogP contribution in [0.4, 0.5) is 5.69 Å². The Morgan fingerprint density at radius 1 is 1.50 bits per heavy atom. The zero-order valence-electron chi connectivity index (χ0n) is 5.92. The lowest BCUT2D eigenvalue weighted by Gasteiger charge is -2.03. The van der Waals surface area contributed by atoms with Gasteiger partial charge in [0.2, 0.25) is 0 Å². The predicted octanol–water partition coefficient (Wildman–Crippen LogP) is 1.51. The number of aryl methyl sites for hydroxylation is 1. The molecule has 0 unspecified atom stereocenters. The number of nitrogens with two attached hydrogens (primary N) is 1. The zero-order valence-corrected chi connectivity index (χ0v) is 5.92. The van der Waals surface area contributed by atoms with E-state index in [1.165, 1.54) is 0 Å². The number of nitrogen functional groups attached to an aromatic ring is 1. The summed E-state index contributed by atoms with van der Waals surface area (Å²) < 4.78 is 0. The molecule has 1 aromatic rings. The molecule has 0 aromatic heterocycles. The first kappa shape index (κ1) is 7.09. The lowest BCUT2D eigenvalue weighted by atomic mass is 10.1. The minimum atomic E-state index is -0.224. The number of rotatable bonds is 1. The second-order valence-corrected chi connectivity index (χ2v) is 2.29. The fraction of sp³-hybridized carbons (Fsp3) is 0.250. The van der Waals surface area contributed by atoms with Gasteiger partial charge in [-0.15, -0.1) is 0 Å². The molecule has 1 rings (SSSR count). The van der Waals surface area contributed by atoms with Crippen molar-refractivity contribution < 1.29 is 5.11 Å². The van der Waals surface area contributed by atoms with Gasteiger partial charge in [-0.25, -0.2) is 5.11 Å². The highest BCUT2D eigenvalue weighted by Crippen LogP contribution is 2.15. The van der Waals surface area contributed by atoms with Gasteiger partial charge in [0.25, 0.3) is 0 Å². The average molecular weight is 136 g/mol. The lowest BCUT2D eigenvalue weighted by Crippen LogP contribution is -1.95. The SMILES string of the molecule is Cc1cccc(N)c1C[O]. The van der Waals surface area contributed by atoms with E-state index in [1.54, 1.807) is 6.07 Å². The Morgan fingerprint density at radius 3 is 2.60 bits per heavy atom. The highest BCUT2D eigenvalue weighted by atomic mass is 16.3. The minimum Gasteiger partial charge on any atom is -0.398 e. The molecule has 1 radical (unpaired) electrons. The van der Waals surface area contributed by atoms with Gasteiger partial charge in [-0.1, -0.05) is 12.1 Å². The van der Waals surface area contributed by atoms with Gasteiger partial charge in [0.05, 0.1) is 0 Å². The molecule has 0 heterocycles. The maximum atomic E-state index is 10.5. The molecule has 2 N–H and O–H groups in total. The molecule has 2 nitrogen and oxygen atoms in total. The molecule has 1 aromatic carbocycles. The molecule has 0 bridgehead atoms. The Labute approximate surface area is 60.3 Å². The number of benzene rings is 1. The van der Waals surface area contributed by atoms with Gasteiger partial charge >= 0.3 is 0 Å². The summed E-state index contributed by atoms with van der Waals surface area (Å²) in [4.78, 5) is 0. The van der Waals surface area contributed by atoms with Crippen molar-refractivity contribution >= 4 is 5.69 Å². The van der Waals surface area contributed by atoms with Crippen LogP contribution in [0, 0.1) is 6.92 Å². The molecule has 10 heavy (non-hydrogen) atoms. The van der Waals surface area contributed by atoms with E-state index in [-0.39, 0.29) is 6.61 Å². The van der Waals surface area contributed by atoms with Crippen LogP contribution in [-0.2, 0) is 11.7 Å². The van der Waals surface area contributed by atoms with Crippen molar-refractivity contribution in [3.63, 3.8) is 0 Å². The second kappa shape index (κ2) is 2.71. The molecule has 0 atom stereocenters. The smallest absolute Gasteiger partial charge is 0.110 e. The summed E-state index contributed by atoms with van der Waals surface area (Å²) in [7, 11) is 0. The molecule has 2 heteroatoms. The van der Waals surface area contributed by atoms with Gasteiger partial charge in [-0.05, 0) is 18.6 Å². The summed E-state index contributed by atoms with van der Waals surface area (Å²) in [6, 6.07) is 5.49. The van der Waals surface area contributed by atoms with E-state index in [2.05, 4.69) is 0 Å². The van der Waals surface area contributed by atoms with Crippen molar-refractivity contribution in [3.05, 3.63) is 29.3 Å². The summed E-state index contributed by atoms with van der Waals surface area (Å²) in [6.07, 6.45) is 0. The topological polar surface area (TPSA) is 45.9 Å². The summed E-state index contributed by atoms with van der Waals surface area (Å²) in [6.45, 7) is 1.67. The maximum absolute atomic E-state index is 10.5. The Morgan fingerprint density at radius 2 is 2.20 bits per heavy atom. The number of hydrogen-bond donors (Lipinski definition) is 1. The first-order valence-corrected chi connectivity index (χ1v) is 3.17. The Hall–Kier alpha value is -1.02. The van der Waals surface area contributed by atoms with E-state index in [9.17, 15) is 5.11 Å². The Balaban J connectivity index is 3.17. The van der Waals surface area contributed by atoms with E-state index in [0.29, 0.717) is 5.69 Å². The molecule has 0 fully saturated rings. The first-order valence-electron chi connectivity index (χ1n) is 3.17. The van der Waals surface area contributed by atoms with Gasteiger partial charge in [0, 0.05) is 11.3 Å². The number of hydrogen-bond acceptors (Lipinski definition) is 1. The lowest BCUT2D eigenvalue weighted by molar-refractivity contribution is 0.177. The standard InChI is InChI=1S/C8H10NO/c1-6-3-2-4-8(9)7(6)5-10/h2-4H,5,9H2,1H3. The predicted molar refractivity (Wildman–Crippen MR) is 40.0 cm³/mol. The molecule has 0 aliphatic carbocycles. The third-order valence-electron chi connectivity index (χ3n) is 1.59. The molecule has 0 aliphatic heterocycles. The first-order chi connectivity index (χ1) is 4.75. The van der Waals surface area contributed by atoms with Crippen LogP contribution in [0.1, 0.15) is 11.1 Å². The highest BCUT2D eigenvalue weighted by molar-refractivity contribution is 5.49. The van der Waals surface area contributed by atoms with Crippen molar-refractivity contribution in [2.24, 2.45) is 0 Å². The van der Waals surface area contributed by atoms with Crippen LogP contribution >= 0.6 is 0 Å². The fourth-order valence-corrected chi connectivity index (χ4v) is 0.922. The van der Waals surface area contributed by atoms with E-state index < -0.39 is 0 Å². The molecule has 0 aliphatic rings. The van der Waals surface area contributed by atoms with Crippen LogP contribution in [0.2, 0.25) is 0 Å². The van der Waals surface area contributed by atoms with E-state index in [1.807, 2.05) is 19.1 Å². The molecule has 0 saturated carbocycles. The molecule has 0 amide bonds. The summed E-state index contributed by atoms with van der Waals surface area (Å²) in [5, 5.41) is 10.5.